The number of fused-ring (bicyclic) bond motifs is 1. The molecule has 1 heteroatoms. The Balaban J connectivity index is 2.21. The summed E-state index contributed by atoms with van der Waals surface area (Å²) in [6, 6.07) is 2.23. The van der Waals surface area contributed by atoms with Crippen LogP contribution in [0.15, 0.2) is 11.6 Å². The van der Waals surface area contributed by atoms with E-state index in [9.17, 15) is 0 Å². The maximum Gasteiger partial charge on any atom is 0.0663 e. The van der Waals surface area contributed by atoms with E-state index in [1.807, 2.05) is 0 Å². The summed E-state index contributed by atoms with van der Waals surface area (Å²) >= 11 is 0. The highest BCUT2D eigenvalue weighted by molar-refractivity contribution is 5.28. The lowest BCUT2D eigenvalue weighted by Crippen LogP contribution is -2.21. The first-order valence-electron chi connectivity index (χ1n) is 5.65. The molecule has 3 atom stereocenters. The number of hydrogen-bond donors (Lipinski definition) is 0. The largest absolute Gasteiger partial charge is 0.198 e. The van der Waals surface area contributed by atoms with Gasteiger partial charge < -0.3 is 0 Å². The topological polar surface area (TPSA) is 23.8 Å². The minimum absolute atomic E-state index is 0.350. The lowest BCUT2D eigenvalue weighted by atomic mass is 9.73. The van der Waals surface area contributed by atoms with Crippen LogP contribution >= 0.6 is 0 Å². The van der Waals surface area contributed by atoms with E-state index in [0.717, 1.165) is 17.8 Å². The Kier molecular flexibility index (Phi) is 2.18. The van der Waals surface area contributed by atoms with Gasteiger partial charge in [0, 0.05) is 0 Å². The number of nitriles is 1. The molecule has 0 spiro atoms. The van der Waals surface area contributed by atoms with Crippen molar-refractivity contribution in [1.82, 2.24) is 0 Å². The molecule has 14 heavy (non-hydrogen) atoms. The molecular formula is C13H19N. The highest BCUT2D eigenvalue weighted by atomic mass is 14.6. The molecule has 2 aliphatic carbocycles. The van der Waals surface area contributed by atoms with Gasteiger partial charge in [-0.25, -0.2) is 0 Å². The Bertz CT molecular complexity index is 306. The van der Waals surface area contributed by atoms with Gasteiger partial charge in [-0.05, 0) is 36.0 Å². The van der Waals surface area contributed by atoms with E-state index in [1.165, 1.54) is 12.8 Å². The number of allylic oxidation sites excluding steroid dienone is 2. The van der Waals surface area contributed by atoms with Gasteiger partial charge in [0.2, 0.25) is 0 Å². The minimum atomic E-state index is 0.350. The average Bonchev–Trinajstić information content (AvgIpc) is 2.75. The highest BCUT2D eigenvalue weighted by Gasteiger charge is 2.54. The van der Waals surface area contributed by atoms with Crippen molar-refractivity contribution < 1.29 is 0 Å². The molecule has 0 aromatic carbocycles. The van der Waals surface area contributed by atoms with Crippen LogP contribution in [-0.2, 0) is 0 Å². The first-order valence-corrected chi connectivity index (χ1v) is 5.65. The third-order valence-electron chi connectivity index (χ3n) is 4.22. The molecule has 2 aliphatic rings. The third-order valence-corrected chi connectivity index (χ3v) is 4.22. The summed E-state index contributed by atoms with van der Waals surface area (Å²) in [6.45, 7) is 7.02. The van der Waals surface area contributed by atoms with E-state index in [2.05, 4.69) is 32.9 Å². The summed E-state index contributed by atoms with van der Waals surface area (Å²) in [6.07, 6.45) is 5.48. The Labute approximate surface area is 86.8 Å². The van der Waals surface area contributed by atoms with Crippen LogP contribution in [0.5, 0.6) is 0 Å². The van der Waals surface area contributed by atoms with Crippen molar-refractivity contribution >= 4 is 0 Å². The number of hydrogen-bond acceptors (Lipinski definition) is 1. The predicted molar refractivity (Wildman–Crippen MR) is 57.5 cm³/mol. The van der Waals surface area contributed by atoms with Crippen molar-refractivity contribution in [2.75, 3.05) is 0 Å². The van der Waals surface area contributed by atoms with Crippen LogP contribution in [0.1, 0.15) is 40.0 Å². The first kappa shape index (κ1) is 9.77. The van der Waals surface area contributed by atoms with Gasteiger partial charge in [-0.1, -0.05) is 32.4 Å². The second-order valence-corrected chi connectivity index (χ2v) is 5.49. The van der Waals surface area contributed by atoms with Crippen LogP contribution in [0.25, 0.3) is 0 Å². The minimum Gasteiger partial charge on any atom is -0.198 e. The molecule has 2 fully saturated rings. The average molecular weight is 189 g/mol. The molecule has 0 heterocycles. The van der Waals surface area contributed by atoms with Gasteiger partial charge in [0.15, 0.2) is 0 Å². The van der Waals surface area contributed by atoms with E-state index < -0.39 is 0 Å². The van der Waals surface area contributed by atoms with E-state index in [1.54, 1.807) is 5.57 Å². The summed E-state index contributed by atoms with van der Waals surface area (Å²) in [5, 5.41) is 8.64. The van der Waals surface area contributed by atoms with E-state index in [4.69, 9.17) is 5.26 Å². The molecule has 0 bridgehead atoms. The molecule has 1 nitrogen and oxygen atoms in total. The van der Waals surface area contributed by atoms with Crippen molar-refractivity contribution in [2.24, 2.45) is 23.2 Å². The molecular weight excluding hydrogens is 170 g/mol. The molecule has 0 amide bonds. The molecule has 76 valence electrons. The standard InChI is InChI=1S/C13H19N/c1-9-10-6-7-13(2,3)11(12(9)10)5-4-8-14/h5,9-10,12H,4,6-7H2,1-3H3/t9?,10?,12-/m0/s1. The molecule has 2 rings (SSSR count). The second kappa shape index (κ2) is 3.12. The lowest BCUT2D eigenvalue weighted by Gasteiger charge is -2.32. The highest BCUT2D eigenvalue weighted by Crippen LogP contribution is 2.62. The zero-order valence-corrected chi connectivity index (χ0v) is 9.38. The summed E-state index contributed by atoms with van der Waals surface area (Å²) in [5.74, 6) is 2.63. The van der Waals surface area contributed by atoms with Crippen molar-refractivity contribution in [3.8, 4) is 6.07 Å². The molecule has 0 N–H and O–H groups in total. The van der Waals surface area contributed by atoms with Gasteiger partial charge in [0.25, 0.3) is 0 Å². The summed E-state index contributed by atoms with van der Waals surface area (Å²) in [7, 11) is 0. The fourth-order valence-corrected chi connectivity index (χ4v) is 3.19. The Morgan fingerprint density at radius 2 is 2.29 bits per heavy atom. The van der Waals surface area contributed by atoms with Gasteiger partial charge in [0.1, 0.15) is 0 Å². The van der Waals surface area contributed by atoms with Gasteiger partial charge in [-0.3, -0.25) is 0 Å². The van der Waals surface area contributed by atoms with Crippen LogP contribution in [0, 0.1) is 34.5 Å². The molecule has 0 aromatic rings. The van der Waals surface area contributed by atoms with Crippen LogP contribution < -0.4 is 0 Å². The quantitative estimate of drug-likeness (QED) is 0.579. The van der Waals surface area contributed by atoms with Gasteiger partial charge >= 0.3 is 0 Å². The Morgan fingerprint density at radius 3 is 2.93 bits per heavy atom. The van der Waals surface area contributed by atoms with Crippen molar-refractivity contribution in [1.29, 1.82) is 5.26 Å². The molecule has 2 unspecified atom stereocenters. The van der Waals surface area contributed by atoms with Crippen LogP contribution in [-0.4, -0.2) is 0 Å². The predicted octanol–water partition coefficient (Wildman–Crippen LogP) is 3.53. The zero-order chi connectivity index (χ0) is 10.3. The molecule has 0 aromatic heterocycles. The zero-order valence-electron chi connectivity index (χ0n) is 9.38. The maximum absolute atomic E-state index is 8.64. The van der Waals surface area contributed by atoms with Crippen molar-refractivity contribution in [2.45, 2.75) is 40.0 Å². The second-order valence-electron chi connectivity index (χ2n) is 5.49. The maximum atomic E-state index is 8.64. The van der Waals surface area contributed by atoms with Crippen LogP contribution in [0.4, 0.5) is 0 Å². The molecule has 0 saturated heterocycles. The van der Waals surface area contributed by atoms with Gasteiger partial charge in [-0.15, -0.1) is 0 Å². The monoisotopic (exact) mass is 189 g/mol. The van der Waals surface area contributed by atoms with E-state index in [-0.39, 0.29) is 0 Å². The first-order chi connectivity index (χ1) is 6.58. The van der Waals surface area contributed by atoms with Crippen LogP contribution in [0.3, 0.4) is 0 Å². The number of rotatable bonds is 1. The molecule has 2 saturated carbocycles. The summed E-state index contributed by atoms with van der Waals surface area (Å²) in [5.41, 5.74) is 1.92. The fraction of sp³-hybridized carbons (Fsp3) is 0.769. The lowest BCUT2D eigenvalue weighted by molar-refractivity contribution is 0.325. The van der Waals surface area contributed by atoms with E-state index in [0.29, 0.717) is 11.8 Å². The van der Waals surface area contributed by atoms with E-state index >= 15 is 0 Å². The summed E-state index contributed by atoms with van der Waals surface area (Å²) < 4.78 is 0. The molecule has 0 radical (unpaired) electrons. The van der Waals surface area contributed by atoms with Crippen molar-refractivity contribution in [3.63, 3.8) is 0 Å². The smallest absolute Gasteiger partial charge is 0.0663 e. The number of nitrogens with zero attached hydrogens (tertiary/aromatic N) is 1. The fourth-order valence-electron chi connectivity index (χ4n) is 3.19. The van der Waals surface area contributed by atoms with Crippen molar-refractivity contribution in [3.05, 3.63) is 11.6 Å². The third kappa shape index (κ3) is 1.38. The normalized spacial score (nSPS) is 41.6. The van der Waals surface area contributed by atoms with Crippen LogP contribution in [0.2, 0.25) is 0 Å². The van der Waals surface area contributed by atoms with Gasteiger partial charge in [-0.2, -0.15) is 5.26 Å². The molecule has 0 aliphatic heterocycles. The summed E-state index contributed by atoms with van der Waals surface area (Å²) in [4.78, 5) is 0. The van der Waals surface area contributed by atoms with Gasteiger partial charge in [0.05, 0.1) is 12.5 Å². The Morgan fingerprint density at radius 1 is 1.57 bits per heavy atom. The SMILES string of the molecule is CC1C2CCC(C)(C)C(=CCC#N)[C@@H]12. The Hall–Kier alpha value is -0.770.